The van der Waals surface area contributed by atoms with Crippen molar-refractivity contribution in [2.45, 2.75) is 326 Å². The summed E-state index contributed by atoms with van der Waals surface area (Å²) in [5.74, 6) is -1.09. The van der Waals surface area contributed by atoms with E-state index in [4.69, 9.17) is 18.5 Å². The van der Waals surface area contributed by atoms with E-state index in [-0.39, 0.29) is 12.8 Å². The highest BCUT2D eigenvalue weighted by atomic mass is 31.2. The third-order valence-corrected chi connectivity index (χ3v) is 15.3. The lowest BCUT2D eigenvalue weighted by atomic mass is 9.85. The Morgan fingerprint density at radius 3 is 1.11 bits per heavy atom. The van der Waals surface area contributed by atoms with Gasteiger partial charge in [-0.05, 0) is 44.9 Å². The second-order valence-corrected chi connectivity index (χ2v) is 22.6. The number of allylic oxidation sites excluding steroid dienone is 4. The molecule has 1 saturated carbocycles. The van der Waals surface area contributed by atoms with Gasteiger partial charge in [0.2, 0.25) is 0 Å². The summed E-state index contributed by atoms with van der Waals surface area (Å²) in [4.78, 5) is 36.0. The van der Waals surface area contributed by atoms with Crippen LogP contribution in [0.1, 0.15) is 284 Å². The number of carbonyl (C=O) groups excluding carboxylic acids is 2. The first-order valence-electron chi connectivity index (χ1n) is 30.1. The molecule has 0 spiro atoms. The largest absolute Gasteiger partial charge is 0.472 e. The molecule has 73 heavy (non-hydrogen) atoms. The Morgan fingerprint density at radius 1 is 0.425 bits per heavy atom. The number of esters is 2. The van der Waals surface area contributed by atoms with E-state index >= 15 is 0 Å². The van der Waals surface area contributed by atoms with Gasteiger partial charge in [0.05, 0.1) is 6.61 Å². The van der Waals surface area contributed by atoms with Gasteiger partial charge in [-0.1, -0.05) is 250 Å². The Morgan fingerprint density at radius 2 is 0.740 bits per heavy atom. The molecule has 0 aromatic rings. The average molecular weight is 1060 g/mol. The summed E-state index contributed by atoms with van der Waals surface area (Å²) in [6, 6.07) is 0. The van der Waals surface area contributed by atoms with Gasteiger partial charge in [-0.3, -0.25) is 18.6 Å². The van der Waals surface area contributed by atoms with Crippen LogP contribution in [-0.4, -0.2) is 98.3 Å². The number of unbranched alkanes of at least 4 members (excludes halogenated alkanes) is 36. The molecule has 1 aliphatic carbocycles. The van der Waals surface area contributed by atoms with Crippen molar-refractivity contribution in [3.63, 3.8) is 0 Å². The van der Waals surface area contributed by atoms with Crippen molar-refractivity contribution in [2.24, 2.45) is 0 Å². The van der Waals surface area contributed by atoms with Crippen molar-refractivity contribution in [2.75, 3.05) is 13.2 Å². The number of carbonyl (C=O) groups is 2. The summed E-state index contributed by atoms with van der Waals surface area (Å²) in [5.41, 5.74) is 0. The minimum Gasteiger partial charge on any atom is -0.462 e. The van der Waals surface area contributed by atoms with E-state index in [1.165, 1.54) is 186 Å². The third kappa shape index (κ3) is 40.2. The van der Waals surface area contributed by atoms with Crippen LogP contribution < -0.4 is 0 Å². The van der Waals surface area contributed by atoms with Crippen molar-refractivity contribution in [1.29, 1.82) is 0 Å². The highest BCUT2D eigenvalue weighted by Gasteiger charge is 2.51. The minimum absolute atomic E-state index is 0.0954. The van der Waals surface area contributed by atoms with Crippen LogP contribution in [0, 0.1) is 0 Å². The number of phosphoric acid groups is 1. The van der Waals surface area contributed by atoms with Gasteiger partial charge in [0.25, 0.3) is 0 Å². The van der Waals surface area contributed by atoms with Gasteiger partial charge in [0.1, 0.15) is 43.2 Å². The van der Waals surface area contributed by atoms with E-state index in [1.54, 1.807) is 0 Å². The zero-order chi connectivity index (χ0) is 53.5. The fourth-order valence-electron chi connectivity index (χ4n) is 9.50. The second kappa shape index (κ2) is 48.7. The normalized spacial score (nSPS) is 20.5. The van der Waals surface area contributed by atoms with Crippen LogP contribution in [0.5, 0.6) is 0 Å². The van der Waals surface area contributed by atoms with Crippen molar-refractivity contribution in [1.82, 2.24) is 0 Å². The first-order valence-corrected chi connectivity index (χ1v) is 31.6. The summed E-state index contributed by atoms with van der Waals surface area (Å²) in [7, 11) is -5.13. The number of aliphatic hydroxyl groups excluding tert-OH is 5. The Balaban J connectivity index is 2.30. The Labute approximate surface area is 445 Å². The molecule has 0 aromatic carbocycles. The lowest BCUT2D eigenvalue weighted by molar-refractivity contribution is -0.220. The van der Waals surface area contributed by atoms with E-state index in [0.717, 1.165) is 57.8 Å². The smallest absolute Gasteiger partial charge is 0.462 e. The zero-order valence-electron chi connectivity index (χ0n) is 46.5. The van der Waals surface area contributed by atoms with Crippen molar-refractivity contribution < 1.29 is 63.1 Å². The van der Waals surface area contributed by atoms with Gasteiger partial charge < -0.3 is 39.9 Å². The third-order valence-electron chi connectivity index (χ3n) is 14.3. The summed E-state index contributed by atoms with van der Waals surface area (Å²) in [5, 5.41) is 50.4. The number of ether oxygens (including phenoxy) is 2. The Bertz CT molecular complexity index is 1360. The van der Waals surface area contributed by atoms with Gasteiger partial charge >= 0.3 is 19.8 Å². The number of rotatable bonds is 52. The highest BCUT2D eigenvalue weighted by Crippen LogP contribution is 2.47. The molecular formula is C59H111O13P. The molecule has 0 bridgehead atoms. The molecule has 13 nitrogen and oxygen atoms in total. The predicted molar refractivity (Wildman–Crippen MR) is 295 cm³/mol. The van der Waals surface area contributed by atoms with Crippen LogP contribution in [0.15, 0.2) is 24.3 Å². The average Bonchev–Trinajstić information content (AvgIpc) is 3.37. The van der Waals surface area contributed by atoms with Crippen LogP contribution in [0.2, 0.25) is 0 Å². The molecule has 1 aliphatic rings. The molecule has 1 fully saturated rings. The number of hydrogen-bond acceptors (Lipinski definition) is 12. The molecule has 0 aliphatic heterocycles. The van der Waals surface area contributed by atoms with Gasteiger partial charge in [-0.2, -0.15) is 0 Å². The minimum atomic E-state index is -5.13. The van der Waals surface area contributed by atoms with E-state index in [0.29, 0.717) is 12.8 Å². The summed E-state index contributed by atoms with van der Waals surface area (Å²) in [6.45, 7) is 3.36. The summed E-state index contributed by atoms with van der Waals surface area (Å²) >= 11 is 0. The molecule has 0 amide bonds. The fraction of sp³-hybridized carbons (Fsp3) is 0.898. The number of aliphatic hydroxyl groups is 5. The zero-order valence-corrected chi connectivity index (χ0v) is 47.3. The maximum atomic E-state index is 12.9. The van der Waals surface area contributed by atoms with Crippen molar-refractivity contribution >= 4 is 19.8 Å². The topological polar surface area (TPSA) is 210 Å². The monoisotopic (exact) mass is 1060 g/mol. The SMILES string of the molecule is CCCCCCC/C=C\C/C=C\CCCCCCCCCCCC(=O)OC(COC(=O)CCCCCCCCCCCCCCCCCCCCCCCCC)COP(=O)(O)OC1C(O)C(O)C(O)C(O)C1O. The molecule has 6 unspecified atom stereocenters. The highest BCUT2D eigenvalue weighted by molar-refractivity contribution is 7.47. The molecule has 0 saturated heterocycles. The lowest BCUT2D eigenvalue weighted by Crippen LogP contribution is -2.64. The second-order valence-electron chi connectivity index (χ2n) is 21.2. The fourth-order valence-corrected chi connectivity index (χ4v) is 10.5. The van der Waals surface area contributed by atoms with Crippen molar-refractivity contribution in [3.05, 3.63) is 24.3 Å². The van der Waals surface area contributed by atoms with Crippen LogP contribution >= 0.6 is 7.82 Å². The molecule has 430 valence electrons. The van der Waals surface area contributed by atoms with Gasteiger partial charge in [-0.15, -0.1) is 0 Å². The van der Waals surface area contributed by atoms with E-state index in [9.17, 15) is 44.6 Å². The Kier molecular flexibility index (Phi) is 46.2. The van der Waals surface area contributed by atoms with Crippen LogP contribution in [0.4, 0.5) is 0 Å². The van der Waals surface area contributed by atoms with Crippen molar-refractivity contribution in [3.8, 4) is 0 Å². The number of phosphoric ester groups is 1. The quantitative estimate of drug-likeness (QED) is 0.0145. The molecule has 6 atom stereocenters. The maximum absolute atomic E-state index is 12.9. The van der Waals surface area contributed by atoms with Crippen LogP contribution in [0.3, 0.4) is 0 Å². The maximum Gasteiger partial charge on any atom is 0.472 e. The van der Waals surface area contributed by atoms with Gasteiger partial charge in [-0.25, -0.2) is 4.57 Å². The molecule has 1 rings (SSSR count). The first-order chi connectivity index (χ1) is 35.4. The first kappa shape index (κ1) is 69.3. The predicted octanol–water partition coefficient (Wildman–Crippen LogP) is 14.3. The standard InChI is InChI=1S/C59H111O13P/c1-3-5-7-9-11-13-15-17-19-21-23-25-26-28-29-31-33-35-37-39-41-43-45-47-52(60)69-49-51(50-70-73(67,68)72-59-57(65)55(63)54(62)56(64)58(59)66)71-53(61)48-46-44-42-40-38-36-34-32-30-27-24-22-20-18-16-14-12-10-8-6-4-2/h16,18,22,24,51,54-59,62-66H,3-15,17,19-21,23,25-50H2,1-2H3,(H,67,68)/b18-16-,24-22-. The van der Waals surface area contributed by atoms with Crippen LogP contribution in [-0.2, 0) is 32.7 Å². The van der Waals surface area contributed by atoms with E-state index < -0.39 is 75.7 Å². The van der Waals surface area contributed by atoms with E-state index in [2.05, 4.69) is 38.2 Å². The molecular weight excluding hydrogens is 948 g/mol. The summed E-state index contributed by atoms with van der Waals surface area (Å²) in [6.07, 6.45) is 45.1. The van der Waals surface area contributed by atoms with Crippen LogP contribution in [0.25, 0.3) is 0 Å². The van der Waals surface area contributed by atoms with E-state index in [1.807, 2.05) is 0 Å². The summed E-state index contributed by atoms with van der Waals surface area (Å²) < 4.78 is 33.8. The van der Waals surface area contributed by atoms with Gasteiger partial charge in [0, 0.05) is 12.8 Å². The molecule has 14 heteroatoms. The molecule has 0 radical (unpaired) electrons. The molecule has 6 N–H and O–H groups in total. The number of hydrogen-bond donors (Lipinski definition) is 6. The molecule has 0 heterocycles. The lowest BCUT2D eigenvalue weighted by Gasteiger charge is -2.41. The Hall–Kier alpha value is -1.67. The molecule has 0 aromatic heterocycles. The van der Waals surface area contributed by atoms with Gasteiger partial charge in [0.15, 0.2) is 6.10 Å².